The van der Waals surface area contributed by atoms with Crippen LogP contribution in [0.2, 0.25) is 0 Å². The van der Waals surface area contributed by atoms with Gasteiger partial charge in [0, 0.05) is 18.9 Å². The van der Waals surface area contributed by atoms with E-state index < -0.39 is 0 Å². The van der Waals surface area contributed by atoms with Gasteiger partial charge in [-0.25, -0.2) is 9.97 Å². The Morgan fingerprint density at radius 2 is 2.05 bits per heavy atom. The molecule has 104 valence electrons. The van der Waals surface area contributed by atoms with Crippen LogP contribution in [0.25, 0.3) is 0 Å². The van der Waals surface area contributed by atoms with E-state index in [-0.39, 0.29) is 12.1 Å². The highest BCUT2D eigenvalue weighted by Gasteiger charge is 2.33. The summed E-state index contributed by atoms with van der Waals surface area (Å²) in [5.41, 5.74) is 1.10. The zero-order chi connectivity index (χ0) is 13.9. The first kappa shape index (κ1) is 12.9. The predicted molar refractivity (Wildman–Crippen MR) is 75.7 cm³/mol. The Balaban J connectivity index is 1.94. The van der Waals surface area contributed by atoms with E-state index in [0.29, 0.717) is 18.9 Å². The first-order valence-electron chi connectivity index (χ1n) is 6.63. The van der Waals surface area contributed by atoms with Gasteiger partial charge in [-0.15, -0.1) is 0 Å². The van der Waals surface area contributed by atoms with Gasteiger partial charge in [-0.2, -0.15) is 0 Å². The fourth-order valence-electron chi connectivity index (χ4n) is 2.64. The molecule has 0 radical (unpaired) electrons. The van der Waals surface area contributed by atoms with Crippen molar-refractivity contribution in [3.05, 3.63) is 48.3 Å². The molecule has 1 aromatic carbocycles. The Hall–Kier alpha value is -2.14. The van der Waals surface area contributed by atoms with Gasteiger partial charge in [0.05, 0.1) is 19.3 Å². The smallest absolute Gasteiger partial charge is 0.225 e. The van der Waals surface area contributed by atoms with Crippen LogP contribution in [0.3, 0.4) is 0 Å². The van der Waals surface area contributed by atoms with Gasteiger partial charge in [-0.3, -0.25) is 0 Å². The number of hydrogen-bond donors (Lipinski definition) is 1. The largest absolute Gasteiger partial charge is 0.497 e. The zero-order valence-electron chi connectivity index (χ0n) is 11.3. The van der Waals surface area contributed by atoms with Crippen molar-refractivity contribution in [2.24, 2.45) is 0 Å². The van der Waals surface area contributed by atoms with Crippen molar-refractivity contribution in [3.8, 4) is 5.75 Å². The molecule has 5 heteroatoms. The van der Waals surface area contributed by atoms with Crippen LogP contribution in [-0.2, 0) is 0 Å². The summed E-state index contributed by atoms with van der Waals surface area (Å²) >= 11 is 0. The van der Waals surface area contributed by atoms with E-state index in [1.54, 1.807) is 25.6 Å². The molecule has 1 N–H and O–H groups in total. The third kappa shape index (κ3) is 2.44. The second kappa shape index (κ2) is 5.46. The molecule has 1 saturated heterocycles. The predicted octanol–water partition coefficient (Wildman–Crippen LogP) is 1.80. The SMILES string of the molecule is COc1cccc(C2CC(O)CN2c2ncccn2)c1. The molecule has 20 heavy (non-hydrogen) atoms. The zero-order valence-corrected chi connectivity index (χ0v) is 11.3. The number of ether oxygens (including phenoxy) is 1. The monoisotopic (exact) mass is 271 g/mol. The van der Waals surface area contributed by atoms with Crippen molar-refractivity contribution in [2.75, 3.05) is 18.6 Å². The minimum atomic E-state index is -0.366. The molecule has 0 aliphatic carbocycles. The van der Waals surface area contributed by atoms with Gasteiger partial charge in [-0.05, 0) is 30.2 Å². The van der Waals surface area contributed by atoms with Gasteiger partial charge < -0.3 is 14.7 Å². The van der Waals surface area contributed by atoms with Crippen molar-refractivity contribution in [1.82, 2.24) is 9.97 Å². The first-order valence-corrected chi connectivity index (χ1v) is 6.63. The number of methoxy groups -OCH3 is 1. The third-order valence-corrected chi connectivity index (χ3v) is 3.57. The fourth-order valence-corrected chi connectivity index (χ4v) is 2.64. The third-order valence-electron chi connectivity index (χ3n) is 3.57. The molecule has 2 unspecified atom stereocenters. The maximum Gasteiger partial charge on any atom is 0.225 e. The summed E-state index contributed by atoms with van der Waals surface area (Å²) in [4.78, 5) is 10.6. The van der Waals surface area contributed by atoms with Gasteiger partial charge >= 0.3 is 0 Å². The highest BCUT2D eigenvalue weighted by molar-refractivity contribution is 5.41. The number of anilines is 1. The number of β-amino-alcohol motifs (C(OH)–C–C–N with tert-alkyl or cyclic N) is 1. The van der Waals surface area contributed by atoms with Gasteiger partial charge in [0.15, 0.2) is 0 Å². The maximum absolute atomic E-state index is 9.99. The van der Waals surface area contributed by atoms with Gasteiger partial charge in [0.1, 0.15) is 5.75 Å². The van der Waals surface area contributed by atoms with Crippen LogP contribution in [0, 0.1) is 0 Å². The molecule has 5 nitrogen and oxygen atoms in total. The Morgan fingerprint density at radius 3 is 2.80 bits per heavy atom. The van der Waals surface area contributed by atoms with E-state index in [2.05, 4.69) is 9.97 Å². The standard InChI is InChI=1S/C15H17N3O2/c1-20-13-5-2-4-11(8-13)14-9-12(19)10-18(14)15-16-6-3-7-17-15/h2-8,12,14,19H,9-10H2,1H3. The lowest BCUT2D eigenvalue weighted by Crippen LogP contribution is -2.26. The topological polar surface area (TPSA) is 58.5 Å². The number of benzene rings is 1. The summed E-state index contributed by atoms with van der Waals surface area (Å²) in [5, 5.41) is 9.99. The number of nitrogens with zero attached hydrogens (tertiary/aromatic N) is 3. The van der Waals surface area contributed by atoms with Gasteiger partial charge in [-0.1, -0.05) is 12.1 Å². The summed E-state index contributed by atoms with van der Waals surface area (Å²) in [6.45, 7) is 0.548. The van der Waals surface area contributed by atoms with E-state index in [0.717, 1.165) is 11.3 Å². The van der Waals surface area contributed by atoms with Crippen molar-refractivity contribution in [2.45, 2.75) is 18.6 Å². The summed E-state index contributed by atoms with van der Waals surface area (Å²) in [7, 11) is 1.65. The van der Waals surface area contributed by atoms with Crippen molar-refractivity contribution in [3.63, 3.8) is 0 Å². The Morgan fingerprint density at radius 1 is 1.25 bits per heavy atom. The number of aliphatic hydroxyl groups excluding tert-OH is 1. The van der Waals surface area contributed by atoms with E-state index in [1.807, 2.05) is 29.2 Å². The van der Waals surface area contributed by atoms with Crippen molar-refractivity contribution in [1.29, 1.82) is 0 Å². The molecule has 1 aliphatic rings. The van der Waals surface area contributed by atoms with E-state index in [9.17, 15) is 5.11 Å². The quantitative estimate of drug-likeness (QED) is 0.922. The molecular weight excluding hydrogens is 254 g/mol. The number of aromatic nitrogens is 2. The van der Waals surface area contributed by atoms with E-state index in [1.165, 1.54) is 0 Å². The molecule has 1 aromatic heterocycles. The minimum Gasteiger partial charge on any atom is -0.497 e. The minimum absolute atomic E-state index is 0.0718. The maximum atomic E-state index is 9.99. The molecule has 0 amide bonds. The van der Waals surface area contributed by atoms with Crippen molar-refractivity contribution < 1.29 is 9.84 Å². The molecule has 1 fully saturated rings. The molecule has 3 rings (SSSR count). The van der Waals surface area contributed by atoms with Crippen LogP contribution < -0.4 is 9.64 Å². The Kier molecular flexibility index (Phi) is 3.52. The molecule has 1 aliphatic heterocycles. The first-order chi connectivity index (χ1) is 9.78. The van der Waals surface area contributed by atoms with E-state index >= 15 is 0 Å². The van der Waals surface area contributed by atoms with Crippen LogP contribution >= 0.6 is 0 Å². The summed E-state index contributed by atoms with van der Waals surface area (Å²) in [5.74, 6) is 1.47. The summed E-state index contributed by atoms with van der Waals surface area (Å²) in [6, 6.07) is 9.78. The van der Waals surface area contributed by atoms with Crippen LogP contribution in [-0.4, -0.2) is 34.8 Å². The molecule has 0 saturated carbocycles. The lowest BCUT2D eigenvalue weighted by molar-refractivity contribution is 0.194. The van der Waals surface area contributed by atoms with Gasteiger partial charge in [0.25, 0.3) is 0 Å². The van der Waals surface area contributed by atoms with Crippen LogP contribution in [0.5, 0.6) is 5.75 Å². The van der Waals surface area contributed by atoms with Crippen molar-refractivity contribution >= 4 is 5.95 Å². The molecule has 2 aromatic rings. The normalized spacial score (nSPS) is 22.0. The Labute approximate surface area is 117 Å². The van der Waals surface area contributed by atoms with Gasteiger partial charge in [0.2, 0.25) is 5.95 Å². The fraction of sp³-hybridized carbons (Fsp3) is 0.333. The van der Waals surface area contributed by atoms with Crippen LogP contribution in [0.4, 0.5) is 5.95 Å². The van der Waals surface area contributed by atoms with Crippen LogP contribution in [0.15, 0.2) is 42.7 Å². The molecule has 2 atom stereocenters. The lowest BCUT2D eigenvalue weighted by Gasteiger charge is -2.24. The lowest BCUT2D eigenvalue weighted by atomic mass is 10.0. The summed E-state index contributed by atoms with van der Waals surface area (Å²) < 4.78 is 5.27. The highest BCUT2D eigenvalue weighted by Crippen LogP contribution is 2.35. The molecule has 0 spiro atoms. The van der Waals surface area contributed by atoms with Crippen LogP contribution in [0.1, 0.15) is 18.0 Å². The summed E-state index contributed by atoms with van der Waals surface area (Å²) in [6.07, 6.45) is 3.74. The molecular formula is C15H17N3O2. The number of rotatable bonds is 3. The Bertz CT molecular complexity index is 576. The average molecular weight is 271 g/mol. The molecule has 0 bridgehead atoms. The number of hydrogen-bond acceptors (Lipinski definition) is 5. The number of aliphatic hydroxyl groups is 1. The van der Waals surface area contributed by atoms with E-state index in [4.69, 9.17) is 4.74 Å². The molecule has 2 heterocycles. The second-order valence-corrected chi connectivity index (χ2v) is 4.88. The average Bonchev–Trinajstić information content (AvgIpc) is 2.90. The second-order valence-electron chi connectivity index (χ2n) is 4.88. The highest BCUT2D eigenvalue weighted by atomic mass is 16.5.